The lowest BCUT2D eigenvalue weighted by molar-refractivity contribution is -0.123. The predicted octanol–water partition coefficient (Wildman–Crippen LogP) is 4.12. The van der Waals surface area contributed by atoms with Crippen molar-refractivity contribution in [1.29, 1.82) is 0 Å². The lowest BCUT2D eigenvalue weighted by atomic mass is 9.83. The van der Waals surface area contributed by atoms with Crippen LogP contribution in [-0.4, -0.2) is 10.9 Å². The number of nitrogens with one attached hydrogen (secondary N) is 1. The molecule has 0 spiro atoms. The predicted molar refractivity (Wildman–Crippen MR) is 83.6 cm³/mol. The van der Waals surface area contributed by atoms with Crippen molar-refractivity contribution >= 4 is 29.1 Å². The zero-order valence-electron chi connectivity index (χ0n) is 11.2. The average Bonchev–Trinajstić information content (AvgIpc) is 2.48. The van der Waals surface area contributed by atoms with E-state index in [9.17, 15) is 4.79 Å². The van der Waals surface area contributed by atoms with Crippen LogP contribution in [0.3, 0.4) is 0 Å². The summed E-state index contributed by atoms with van der Waals surface area (Å²) in [5.41, 5.74) is 1.93. The van der Waals surface area contributed by atoms with E-state index >= 15 is 0 Å². The molecule has 2 aromatic rings. The molecule has 0 saturated carbocycles. The van der Waals surface area contributed by atoms with Crippen LogP contribution in [0.2, 0.25) is 10.0 Å². The number of carbonyl (C=O) groups excluding carboxylic acids is 1. The topological polar surface area (TPSA) is 42.0 Å². The van der Waals surface area contributed by atoms with Crippen LogP contribution < -0.4 is 5.32 Å². The minimum absolute atomic E-state index is 0.0632. The summed E-state index contributed by atoms with van der Waals surface area (Å²) in [4.78, 5) is 16.2. The zero-order chi connectivity index (χ0) is 14.8. The number of piperidine rings is 1. The van der Waals surface area contributed by atoms with Gasteiger partial charge in [-0.3, -0.25) is 9.78 Å². The summed E-state index contributed by atoms with van der Waals surface area (Å²) in [5, 5.41) is 4.39. The molecule has 5 heteroatoms. The Bertz CT molecular complexity index is 658. The highest BCUT2D eigenvalue weighted by Gasteiger charge is 2.31. The number of aromatic nitrogens is 1. The lowest BCUT2D eigenvalue weighted by Crippen LogP contribution is -2.37. The maximum atomic E-state index is 11.8. The first-order valence-electron chi connectivity index (χ1n) is 6.80. The van der Waals surface area contributed by atoms with E-state index in [4.69, 9.17) is 23.2 Å². The molecule has 3 rings (SSSR count). The summed E-state index contributed by atoms with van der Waals surface area (Å²) in [6.07, 6.45) is 2.96. The fourth-order valence-corrected chi connectivity index (χ4v) is 3.02. The molecule has 0 aliphatic carbocycles. The Morgan fingerprint density at radius 1 is 1.10 bits per heavy atom. The summed E-state index contributed by atoms with van der Waals surface area (Å²) < 4.78 is 0. The maximum Gasteiger partial charge on any atom is 0.220 e. The molecule has 1 saturated heterocycles. The van der Waals surface area contributed by atoms with Gasteiger partial charge in [-0.25, -0.2) is 0 Å². The van der Waals surface area contributed by atoms with E-state index in [1.165, 1.54) is 0 Å². The average molecular weight is 321 g/mol. The van der Waals surface area contributed by atoms with Crippen molar-refractivity contribution < 1.29 is 4.79 Å². The highest BCUT2D eigenvalue weighted by molar-refractivity contribution is 6.30. The fourth-order valence-electron chi connectivity index (χ4n) is 2.73. The van der Waals surface area contributed by atoms with Gasteiger partial charge in [-0.1, -0.05) is 35.3 Å². The molecule has 1 amide bonds. The minimum Gasteiger partial charge on any atom is -0.349 e. The van der Waals surface area contributed by atoms with Gasteiger partial charge in [0.05, 0.1) is 6.04 Å². The molecule has 0 unspecified atom stereocenters. The number of amides is 1. The highest BCUT2D eigenvalue weighted by atomic mass is 35.5. The van der Waals surface area contributed by atoms with Crippen LogP contribution in [0.1, 0.15) is 36.1 Å². The number of nitrogens with zero attached hydrogens (tertiary/aromatic N) is 1. The SMILES string of the molecule is O=C1CC[C@H](c2cc(Cl)ccn2)[C@@H](c2ccc(Cl)cc2)N1. The Balaban J connectivity index is 1.96. The third-order valence-electron chi connectivity index (χ3n) is 3.75. The van der Waals surface area contributed by atoms with E-state index in [0.29, 0.717) is 16.5 Å². The van der Waals surface area contributed by atoms with Gasteiger partial charge in [-0.05, 0) is 36.2 Å². The molecule has 3 nitrogen and oxygen atoms in total. The minimum atomic E-state index is -0.102. The van der Waals surface area contributed by atoms with Crippen molar-refractivity contribution in [2.75, 3.05) is 0 Å². The summed E-state index contributed by atoms with van der Waals surface area (Å²) in [6.45, 7) is 0. The normalized spacial score (nSPS) is 21.9. The van der Waals surface area contributed by atoms with Gasteiger partial charge < -0.3 is 5.32 Å². The molecule has 1 N–H and O–H groups in total. The fraction of sp³-hybridized carbons (Fsp3) is 0.250. The van der Waals surface area contributed by atoms with Gasteiger partial charge in [-0.2, -0.15) is 0 Å². The summed E-state index contributed by atoms with van der Waals surface area (Å²) in [7, 11) is 0. The third-order valence-corrected chi connectivity index (χ3v) is 4.24. The molecule has 21 heavy (non-hydrogen) atoms. The van der Waals surface area contributed by atoms with Gasteiger partial charge >= 0.3 is 0 Å². The largest absolute Gasteiger partial charge is 0.349 e. The number of benzene rings is 1. The van der Waals surface area contributed by atoms with Gasteiger partial charge in [0.25, 0.3) is 0 Å². The molecule has 1 aliphatic rings. The van der Waals surface area contributed by atoms with Gasteiger partial charge in [0.15, 0.2) is 0 Å². The summed E-state index contributed by atoms with van der Waals surface area (Å²) >= 11 is 12.0. The highest BCUT2D eigenvalue weighted by Crippen LogP contribution is 2.37. The van der Waals surface area contributed by atoms with Crippen molar-refractivity contribution in [3.05, 3.63) is 63.9 Å². The van der Waals surface area contributed by atoms with Crippen molar-refractivity contribution in [1.82, 2.24) is 10.3 Å². The van der Waals surface area contributed by atoms with Crippen molar-refractivity contribution in [3.63, 3.8) is 0 Å². The van der Waals surface area contributed by atoms with E-state index in [1.807, 2.05) is 30.3 Å². The van der Waals surface area contributed by atoms with E-state index in [0.717, 1.165) is 17.7 Å². The van der Waals surface area contributed by atoms with Gasteiger partial charge in [-0.15, -0.1) is 0 Å². The van der Waals surface area contributed by atoms with Crippen molar-refractivity contribution in [2.24, 2.45) is 0 Å². The molecule has 108 valence electrons. The lowest BCUT2D eigenvalue weighted by Gasteiger charge is -2.32. The van der Waals surface area contributed by atoms with Gasteiger partial charge in [0.1, 0.15) is 0 Å². The number of halogens is 2. The monoisotopic (exact) mass is 320 g/mol. The molecule has 0 bridgehead atoms. The van der Waals surface area contributed by atoms with E-state index < -0.39 is 0 Å². The second kappa shape index (κ2) is 6.04. The molecule has 1 aromatic carbocycles. The Labute approximate surface area is 133 Å². The molecule has 2 heterocycles. The molecule has 1 aromatic heterocycles. The zero-order valence-corrected chi connectivity index (χ0v) is 12.7. The first-order chi connectivity index (χ1) is 10.1. The van der Waals surface area contributed by atoms with Crippen LogP contribution >= 0.6 is 23.2 Å². The van der Waals surface area contributed by atoms with Crippen molar-refractivity contribution in [3.8, 4) is 0 Å². The summed E-state index contributed by atoms with van der Waals surface area (Å²) in [5.74, 6) is 0.177. The number of hydrogen-bond acceptors (Lipinski definition) is 2. The van der Waals surface area contributed by atoms with E-state index in [-0.39, 0.29) is 17.9 Å². The number of rotatable bonds is 2. The Morgan fingerprint density at radius 2 is 1.86 bits per heavy atom. The van der Waals surface area contributed by atoms with Crippen LogP contribution in [0.4, 0.5) is 0 Å². The van der Waals surface area contributed by atoms with Crippen LogP contribution in [-0.2, 0) is 4.79 Å². The Morgan fingerprint density at radius 3 is 2.57 bits per heavy atom. The van der Waals surface area contributed by atoms with E-state index in [1.54, 1.807) is 12.3 Å². The second-order valence-corrected chi connectivity index (χ2v) is 6.01. The third kappa shape index (κ3) is 3.20. The number of hydrogen-bond donors (Lipinski definition) is 1. The molecule has 1 aliphatic heterocycles. The van der Waals surface area contributed by atoms with E-state index in [2.05, 4.69) is 10.3 Å². The smallest absolute Gasteiger partial charge is 0.220 e. The van der Waals surface area contributed by atoms with Crippen LogP contribution in [0.15, 0.2) is 42.6 Å². The molecule has 2 atom stereocenters. The molecule has 1 fully saturated rings. The molecule has 0 radical (unpaired) electrons. The quantitative estimate of drug-likeness (QED) is 0.904. The number of pyridine rings is 1. The maximum absolute atomic E-state index is 11.8. The first-order valence-corrected chi connectivity index (χ1v) is 7.55. The first kappa shape index (κ1) is 14.4. The molecular formula is C16H14Cl2N2O. The van der Waals surface area contributed by atoms with Gasteiger partial charge in [0, 0.05) is 34.3 Å². The van der Waals surface area contributed by atoms with Crippen LogP contribution in [0.25, 0.3) is 0 Å². The van der Waals surface area contributed by atoms with Crippen LogP contribution in [0.5, 0.6) is 0 Å². The Hall–Kier alpha value is -1.58. The van der Waals surface area contributed by atoms with Crippen LogP contribution in [0, 0.1) is 0 Å². The summed E-state index contributed by atoms with van der Waals surface area (Å²) in [6, 6.07) is 11.1. The molecular weight excluding hydrogens is 307 g/mol. The van der Waals surface area contributed by atoms with Crippen molar-refractivity contribution in [2.45, 2.75) is 24.8 Å². The number of carbonyl (C=O) groups is 1. The Kier molecular flexibility index (Phi) is 4.13. The van der Waals surface area contributed by atoms with Gasteiger partial charge in [0.2, 0.25) is 5.91 Å². The standard InChI is InChI=1S/C16H14Cl2N2O/c17-11-3-1-10(2-4-11)16-13(5-6-15(21)20-16)14-9-12(18)7-8-19-14/h1-4,7-9,13,16H,5-6H2,(H,20,21)/t13-,16-/m1/s1. The second-order valence-electron chi connectivity index (χ2n) is 5.14.